The van der Waals surface area contributed by atoms with E-state index in [0.29, 0.717) is 35.3 Å². The van der Waals surface area contributed by atoms with Crippen LogP contribution in [0.2, 0.25) is 5.02 Å². The van der Waals surface area contributed by atoms with Crippen LogP contribution in [0.25, 0.3) is 11.5 Å². The molecule has 0 radical (unpaired) electrons. The molecule has 0 saturated heterocycles. The van der Waals surface area contributed by atoms with E-state index in [1.807, 2.05) is 12.1 Å². The monoisotopic (exact) mass is 335 g/mol. The molecule has 1 aromatic heterocycles. The van der Waals surface area contributed by atoms with E-state index in [0.717, 1.165) is 18.4 Å². The van der Waals surface area contributed by atoms with Gasteiger partial charge in [0.05, 0.1) is 6.54 Å². The Morgan fingerprint density at radius 2 is 1.91 bits per heavy atom. The summed E-state index contributed by atoms with van der Waals surface area (Å²) in [6, 6.07) is 7.64. The van der Waals surface area contributed by atoms with Crippen molar-refractivity contribution in [2.24, 2.45) is 5.92 Å². The number of hydrogen-bond donors (Lipinski definition) is 2. The van der Waals surface area contributed by atoms with E-state index >= 15 is 0 Å². The number of nitrogens with zero attached hydrogens (tertiary/aromatic N) is 2. The lowest BCUT2D eigenvalue weighted by molar-refractivity contribution is 0.179. The Hall–Kier alpha value is -1.43. The van der Waals surface area contributed by atoms with Gasteiger partial charge in [-0.2, -0.15) is 0 Å². The van der Waals surface area contributed by atoms with Crippen molar-refractivity contribution in [1.29, 1.82) is 0 Å². The number of aromatic nitrogens is 2. The van der Waals surface area contributed by atoms with Crippen molar-refractivity contribution < 1.29 is 9.52 Å². The number of aliphatic hydroxyl groups is 1. The van der Waals surface area contributed by atoms with Crippen LogP contribution in [0.3, 0.4) is 0 Å². The second kappa shape index (κ2) is 7.90. The average molecular weight is 336 g/mol. The summed E-state index contributed by atoms with van der Waals surface area (Å²) < 4.78 is 5.71. The number of aliphatic hydroxyl groups excluding tert-OH is 1. The fourth-order valence-electron chi connectivity index (χ4n) is 3.12. The quantitative estimate of drug-likeness (QED) is 0.819. The number of nitrogens with one attached hydrogen (secondary N) is 1. The van der Waals surface area contributed by atoms with Gasteiger partial charge in [-0.25, -0.2) is 0 Å². The van der Waals surface area contributed by atoms with Gasteiger partial charge >= 0.3 is 0 Å². The number of benzene rings is 1. The largest absolute Gasteiger partial charge is 0.419 e. The highest BCUT2D eigenvalue weighted by atomic mass is 35.5. The lowest BCUT2D eigenvalue weighted by Gasteiger charge is -2.23. The molecule has 1 aliphatic carbocycles. The van der Waals surface area contributed by atoms with E-state index in [1.54, 1.807) is 12.1 Å². The molecular formula is C17H22ClN3O2. The van der Waals surface area contributed by atoms with Gasteiger partial charge in [-0.15, -0.1) is 10.2 Å². The van der Waals surface area contributed by atoms with Crippen molar-refractivity contribution in [1.82, 2.24) is 15.5 Å². The van der Waals surface area contributed by atoms with Gasteiger partial charge in [0.2, 0.25) is 11.8 Å². The van der Waals surface area contributed by atoms with Gasteiger partial charge in [-0.3, -0.25) is 0 Å². The van der Waals surface area contributed by atoms with Crippen molar-refractivity contribution >= 4 is 11.6 Å². The first kappa shape index (κ1) is 16.4. The van der Waals surface area contributed by atoms with Crippen molar-refractivity contribution in [2.45, 2.75) is 44.7 Å². The molecule has 0 bridgehead atoms. The van der Waals surface area contributed by atoms with E-state index in [-0.39, 0.29) is 6.61 Å². The molecule has 3 rings (SSSR count). The van der Waals surface area contributed by atoms with E-state index in [2.05, 4.69) is 15.5 Å². The summed E-state index contributed by atoms with van der Waals surface area (Å²) in [7, 11) is 0. The minimum absolute atomic E-state index is 0.234. The third-order valence-electron chi connectivity index (χ3n) is 4.47. The van der Waals surface area contributed by atoms with E-state index in [1.165, 1.54) is 19.3 Å². The van der Waals surface area contributed by atoms with Crippen LogP contribution >= 0.6 is 11.6 Å². The van der Waals surface area contributed by atoms with Crippen LogP contribution in [0.4, 0.5) is 0 Å². The maximum Gasteiger partial charge on any atom is 0.247 e. The highest BCUT2D eigenvalue weighted by Crippen LogP contribution is 2.24. The molecule has 2 atom stereocenters. The van der Waals surface area contributed by atoms with Crippen LogP contribution in [0, 0.1) is 5.92 Å². The lowest BCUT2D eigenvalue weighted by Crippen LogP contribution is -2.36. The van der Waals surface area contributed by atoms with Crippen molar-refractivity contribution in [3.05, 3.63) is 35.2 Å². The predicted octanol–water partition coefficient (Wildman–Crippen LogP) is 3.42. The summed E-state index contributed by atoms with van der Waals surface area (Å²) in [5, 5.41) is 21.9. The zero-order chi connectivity index (χ0) is 16.1. The third-order valence-corrected chi connectivity index (χ3v) is 4.72. The second-order valence-electron chi connectivity index (χ2n) is 6.08. The Morgan fingerprint density at radius 1 is 1.13 bits per heavy atom. The van der Waals surface area contributed by atoms with Crippen LogP contribution in [0.15, 0.2) is 28.7 Å². The molecule has 0 spiro atoms. The molecule has 1 saturated carbocycles. The van der Waals surface area contributed by atoms with Crippen LogP contribution in [0.5, 0.6) is 0 Å². The van der Waals surface area contributed by atoms with Crippen molar-refractivity contribution in [3.63, 3.8) is 0 Å². The molecule has 0 unspecified atom stereocenters. The molecular weight excluding hydrogens is 314 g/mol. The zero-order valence-electron chi connectivity index (χ0n) is 13.0. The number of halogens is 1. The Balaban J connectivity index is 1.61. The van der Waals surface area contributed by atoms with E-state index < -0.39 is 0 Å². The molecule has 6 heteroatoms. The van der Waals surface area contributed by atoms with Gasteiger partial charge < -0.3 is 14.8 Å². The Bertz CT molecular complexity index is 615. The molecule has 124 valence electrons. The van der Waals surface area contributed by atoms with Crippen molar-refractivity contribution in [3.8, 4) is 11.5 Å². The van der Waals surface area contributed by atoms with Crippen LogP contribution in [-0.4, -0.2) is 28.0 Å². The van der Waals surface area contributed by atoms with Crippen LogP contribution < -0.4 is 5.32 Å². The molecule has 1 aromatic carbocycles. The Morgan fingerprint density at radius 3 is 2.70 bits per heavy atom. The highest BCUT2D eigenvalue weighted by molar-refractivity contribution is 6.30. The maximum absolute atomic E-state index is 9.56. The predicted molar refractivity (Wildman–Crippen MR) is 89.0 cm³/mol. The van der Waals surface area contributed by atoms with Crippen LogP contribution in [0.1, 0.15) is 38.0 Å². The van der Waals surface area contributed by atoms with E-state index in [4.69, 9.17) is 16.0 Å². The fourth-order valence-corrected chi connectivity index (χ4v) is 3.25. The molecule has 0 amide bonds. The molecule has 1 fully saturated rings. The number of rotatable bonds is 5. The minimum atomic E-state index is 0.234. The minimum Gasteiger partial charge on any atom is -0.419 e. The van der Waals surface area contributed by atoms with Gasteiger partial charge in [0.1, 0.15) is 0 Å². The summed E-state index contributed by atoms with van der Waals surface area (Å²) >= 11 is 5.88. The van der Waals surface area contributed by atoms with Gasteiger partial charge in [0.25, 0.3) is 0 Å². The van der Waals surface area contributed by atoms with Crippen molar-refractivity contribution in [2.75, 3.05) is 6.61 Å². The summed E-state index contributed by atoms with van der Waals surface area (Å²) in [4.78, 5) is 0. The molecule has 23 heavy (non-hydrogen) atoms. The lowest BCUT2D eigenvalue weighted by atomic mass is 9.96. The summed E-state index contributed by atoms with van der Waals surface area (Å²) in [5.41, 5.74) is 0.857. The summed E-state index contributed by atoms with van der Waals surface area (Å²) in [6.45, 7) is 0.763. The van der Waals surface area contributed by atoms with Crippen LogP contribution in [-0.2, 0) is 6.54 Å². The SMILES string of the molecule is OC[C@@H]1CCCCC[C@H]1NCc1nnc(-c2ccc(Cl)cc2)o1. The first-order valence-electron chi connectivity index (χ1n) is 8.19. The van der Waals surface area contributed by atoms with Gasteiger partial charge in [0.15, 0.2) is 0 Å². The molecule has 1 heterocycles. The molecule has 2 N–H and O–H groups in total. The smallest absolute Gasteiger partial charge is 0.247 e. The number of hydrogen-bond acceptors (Lipinski definition) is 5. The topological polar surface area (TPSA) is 71.2 Å². The third kappa shape index (κ3) is 4.31. The van der Waals surface area contributed by atoms with E-state index in [9.17, 15) is 5.11 Å². The Kier molecular flexibility index (Phi) is 5.65. The Labute approximate surface area is 141 Å². The van der Waals surface area contributed by atoms with Gasteiger partial charge in [-0.1, -0.05) is 30.9 Å². The highest BCUT2D eigenvalue weighted by Gasteiger charge is 2.23. The summed E-state index contributed by atoms with van der Waals surface area (Å²) in [6.07, 6.45) is 5.81. The zero-order valence-corrected chi connectivity index (χ0v) is 13.8. The maximum atomic E-state index is 9.56. The average Bonchev–Trinajstić information content (AvgIpc) is 2.92. The van der Waals surface area contributed by atoms with Gasteiger partial charge in [0, 0.05) is 23.2 Å². The molecule has 1 aliphatic rings. The molecule has 5 nitrogen and oxygen atoms in total. The first-order chi connectivity index (χ1) is 11.3. The molecule has 0 aliphatic heterocycles. The van der Waals surface area contributed by atoms with Gasteiger partial charge in [-0.05, 0) is 43.0 Å². The second-order valence-corrected chi connectivity index (χ2v) is 6.51. The summed E-state index contributed by atoms with van der Waals surface area (Å²) in [5.74, 6) is 1.38. The first-order valence-corrected chi connectivity index (χ1v) is 8.56. The standard InChI is InChI=1S/C17H22ClN3O2/c18-14-8-6-12(7-9-14)17-21-20-16(23-17)10-19-15-5-3-1-2-4-13(15)11-22/h6-9,13,15,19,22H,1-5,10-11H2/t13-,15+/m0/s1. The fraction of sp³-hybridized carbons (Fsp3) is 0.529. The molecule has 2 aromatic rings. The normalized spacial score (nSPS) is 22.0.